The summed E-state index contributed by atoms with van der Waals surface area (Å²) in [5, 5.41) is 2.36. The molecular weight excluding hydrogens is 503 g/mol. The quantitative estimate of drug-likeness (QED) is 0.398. The maximum atomic E-state index is 14.8. The van der Waals surface area contributed by atoms with Gasteiger partial charge < -0.3 is 10.1 Å². The molecule has 2 heterocycles. The van der Waals surface area contributed by atoms with Gasteiger partial charge in [0.15, 0.2) is 0 Å². The first-order chi connectivity index (χ1) is 16.3. The molecule has 0 bridgehead atoms. The summed E-state index contributed by atoms with van der Waals surface area (Å²) in [6.07, 6.45) is 1.76. The molecule has 0 radical (unpaired) electrons. The molecule has 2 aromatic heterocycles. The Morgan fingerprint density at radius 1 is 1.17 bits per heavy atom. The van der Waals surface area contributed by atoms with E-state index < -0.39 is 39.2 Å². The number of amides is 1. The summed E-state index contributed by atoms with van der Waals surface area (Å²) in [6.45, 7) is 5.39. The molecule has 1 atom stereocenters. The van der Waals surface area contributed by atoms with Crippen molar-refractivity contribution in [1.29, 1.82) is 0 Å². The summed E-state index contributed by atoms with van der Waals surface area (Å²) in [5.41, 5.74) is -0.403. The number of nitrogens with zero attached hydrogens (tertiary/aromatic N) is 2. The van der Waals surface area contributed by atoms with Gasteiger partial charge in [-0.15, -0.1) is 0 Å². The minimum atomic E-state index is -4.41. The van der Waals surface area contributed by atoms with Gasteiger partial charge in [-0.25, -0.2) is 21.6 Å². The van der Waals surface area contributed by atoms with Crippen LogP contribution in [0, 0.1) is 11.2 Å². The first-order valence-electron chi connectivity index (χ1n) is 10.4. The van der Waals surface area contributed by atoms with Gasteiger partial charge in [-0.3, -0.25) is 4.98 Å². The smallest absolute Gasteiger partial charge is 0.407 e. The Hall–Kier alpha value is -2.99. The molecule has 0 saturated carbocycles. The number of carbonyl (C=O) groups is 1. The summed E-state index contributed by atoms with van der Waals surface area (Å²) in [4.78, 5) is 15.4. The summed E-state index contributed by atoms with van der Waals surface area (Å²) in [5.74, 6) is -3.44. The molecule has 35 heavy (non-hydrogen) atoms. The van der Waals surface area contributed by atoms with E-state index in [-0.39, 0.29) is 32.8 Å². The number of pyridine rings is 1. The van der Waals surface area contributed by atoms with Crippen LogP contribution < -0.4 is 5.32 Å². The highest BCUT2D eigenvalue weighted by Crippen LogP contribution is 2.40. The number of carbonyl (C=O) groups excluding carboxylic acids is 1. The summed E-state index contributed by atoms with van der Waals surface area (Å²) in [6, 6.07) is 8.11. The normalized spacial score (nSPS) is 13.0. The number of halogens is 3. The van der Waals surface area contributed by atoms with Crippen molar-refractivity contribution >= 4 is 27.9 Å². The lowest BCUT2D eigenvalue weighted by molar-refractivity contribution is 0.0315. The standard InChI is InChI=1S/C23H24F3N3O4S2/c1-23(2,3)20(33-22(30)27-4)14-9-19(17-7-5-6-8-18(17)24)29(13-14)35(31,32)16-10-15(11-28-12-16)34-21(25)26/h5-13,20-21H,1-4H3,(H,27,30). The van der Waals surface area contributed by atoms with Gasteiger partial charge in [0.1, 0.15) is 16.8 Å². The number of nitrogens with one attached hydrogen (secondary N) is 1. The van der Waals surface area contributed by atoms with Crippen LogP contribution in [-0.4, -0.2) is 36.3 Å². The average molecular weight is 528 g/mol. The van der Waals surface area contributed by atoms with E-state index in [9.17, 15) is 26.4 Å². The summed E-state index contributed by atoms with van der Waals surface area (Å²) < 4.78 is 74.0. The Bertz CT molecular complexity index is 1320. The number of thioether (sulfide) groups is 1. The van der Waals surface area contributed by atoms with Gasteiger partial charge in [-0.1, -0.05) is 44.7 Å². The molecule has 1 unspecified atom stereocenters. The molecule has 7 nitrogen and oxygen atoms in total. The zero-order chi connectivity index (χ0) is 26.0. The van der Waals surface area contributed by atoms with Crippen LogP contribution in [0.4, 0.5) is 18.0 Å². The average Bonchev–Trinajstić information content (AvgIpc) is 3.22. The topological polar surface area (TPSA) is 90.3 Å². The van der Waals surface area contributed by atoms with Crippen LogP contribution in [0.15, 0.2) is 64.8 Å². The number of hydrogen-bond acceptors (Lipinski definition) is 6. The van der Waals surface area contributed by atoms with Crippen LogP contribution in [0.1, 0.15) is 32.4 Å². The van der Waals surface area contributed by atoms with Crippen LogP contribution in [0.3, 0.4) is 0 Å². The van der Waals surface area contributed by atoms with Gasteiger partial charge in [-0.2, -0.15) is 8.78 Å². The molecule has 0 fully saturated rings. The maximum absolute atomic E-state index is 14.8. The van der Waals surface area contributed by atoms with E-state index in [2.05, 4.69) is 10.3 Å². The molecule has 1 aromatic carbocycles. The first kappa shape index (κ1) is 26.6. The van der Waals surface area contributed by atoms with E-state index in [1.807, 2.05) is 0 Å². The van der Waals surface area contributed by atoms with Crippen LogP contribution in [0.25, 0.3) is 11.3 Å². The van der Waals surface area contributed by atoms with Gasteiger partial charge in [-0.05, 0) is 24.3 Å². The van der Waals surface area contributed by atoms with Crippen molar-refractivity contribution in [1.82, 2.24) is 14.3 Å². The molecular formula is C23H24F3N3O4S2. The first-order valence-corrected chi connectivity index (χ1v) is 12.7. The lowest BCUT2D eigenvalue weighted by Gasteiger charge is -2.29. The van der Waals surface area contributed by atoms with Gasteiger partial charge >= 0.3 is 6.09 Å². The number of rotatable bonds is 7. The molecule has 1 amide bonds. The van der Waals surface area contributed by atoms with Crippen molar-refractivity contribution in [2.45, 2.75) is 42.4 Å². The van der Waals surface area contributed by atoms with E-state index in [0.717, 1.165) is 22.4 Å². The Kier molecular flexibility index (Phi) is 7.85. The number of benzene rings is 1. The molecule has 3 rings (SSSR count). The second-order valence-electron chi connectivity index (χ2n) is 8.58. The second kappa shape index (κ2) is 10.3. The third-order valence-electron chi connectivity index (χ3n) is 4.95. The van der Waals surface area contributed by atoms with E-state index in [1.165, 1.54) is 37.5 Å². The van der Waals surface area contributed by atoms with E-state index in [4.69, 9.17) is 4.74 Å². The van der Waals surface area contributed by atoms with Crippen LogP contribution >= 0.6 is 11.8 Å². The van der Waals surface area contributed by atoms with Gasteiger partial charge in [0, 0.05) is 47.1 Å². The Balaban J connectivity index is 2.24. The third kappa shape index (κ3) is 5.99. The van der Waals surface area contributed by atoms with Crippen molar-refractivity contribution < 1.29 is 31.1 Å². The molecule has 0 spiro atoms. The lowest BCUT2D eigenvalue weighted by Crippen LogP contribution is -2.28. The molecule has 3 aromatic rings. The highest BCUT2D eigenvalue weighted by Gasteiger charge is 2.34. The van der Waals surface area contributed by atoms with Crippen molar-refractivity contribution in [3.63, 3.8) is 0 Å². The van der Waals surface area contributed by atoms with Crippen molar-refractivity contribution in [3.05, 3.63) is 66.4 Å². The van der Waals surface area contributed by atoms with Crippen molar-refractivity contribution in [3.8, 4) is 11.3 Å². The monoisotopic (exact) mass is 527 g/mol. The lowest BCUT2D eigenvalue weighted by atomic mass is 9.85. The Morgan fingerprint density at radius 3 is 2.46 bits per heavy atom. The van der Waals surface area contributed by atoms with Crippen molar-refractivity contribution in [2.75, 3.05) is 7.05 Å². The van der Waals surface area contributed by atoms with E-state index in [0.29, 0.717) is 5.56 Å². The van der Waals surface area contributed by atoms with Crippen LogP contribution in [0.5, 0.6) is 0 Å². The molecule has 0 aliphatic carbocycles. The molecule has 12 heteroatoms. The van der Waals surface area contributed by atoms with Crippen LogP contribution in [-0.2, 0) is 14.8 Å². The summed E-state index contributed by atoms with van der Waals surface area (Å²) in [7, 11) is -3.02. The highest BCUT2D eigenvalue weighted by atomic mass is 32.2. The molecule has 0 aliphatic heterocycles. The summed E-state index contributed by atoms with van der Waals surface area (Å²) >= 11 is 0.156. The van der Waals surface area contributed by atoms with Crippen LogP contribution in [0.2, 0.25) is 0 Å². The molecule has 1 N–H and O–H groups in total. The van der Waals surface area contributed by atoms with E-state index >= 15 is 0 Å². The fourth-order valence-corrected chi connectivity index (χ4v) is 5.37. The minimum Gasteiger partial charge on any atom is -0.441 e. The fraction of sp³-hybridized carbons (Fsp3) is 0.304. The predicted octanol–water partition coefficient (Wildman–Crippen LogP) is 5.68. The largest absolute Gasteiger partial charge is 0.441 e. The third-order valence-corrected chi connectivity index (χ3v) is 7.26. The number of hydrogen-bond donors (Lipinski definition) is 1. The Morgan fingerprint density at radius 2 is 1.86 bits per heavy atom. The van der Waals surface area contributed by atoms with Gasteiger partial charge in [0.25, 0.3) is 15.8 Å². The molecule has 188 valence electrons. The van der Waals surface area contributed by atoms with Crippen molar-refractivity contribution in [2.24, 2.45) is 5.41 Å². The number of alkyl halides is 2. The SMILES string of the molecule is CNC(=O)OC(c1cc(-c2ccccc2F)n(S(=O)(=O)c2cncc(SC(F)F)c2)c1)C(C)(C)C. The minimum absolute atomic E-state index is 0.0130. The predicted molar refractivity (Wildman–Crippen MR) is 126 cm³/mol. The molecule has 0 aliphatic rings. The van der Waals surface area contributed by atoms with E-state index in [1.54, 1.807) is 26.8 Å². The fourth-order valence-electron chi connectivity index (χ4n) is 3.40. The van der Waals surface area contributed by atoms with Gasteiger partial charge in [0.2, 0.25) is 0 Å². The van der Waals surface area contributed by atoms with Gasteiger partial charge in [0.05, 0.1) is 5.69 Å². The number of ether oxygens (including phenoxy) is 1. The number of aromatic nitrogens is 2. The highest BCUT2D eigenvalue weighted by molar-refractivity contribution is 7.99. The molecule has 0 saturated heterocycles. The Labute approximate surface area is 205 Å². The zero-order valence-corrected chi connectivity index (χ0v) is 21.0. The number of alkyl carbamates (subject to hydrolysis) is 1. The maximum Gasteiger partial charge on any atom is 0.407 e. The second-order valence-corrected chi connectivity index (χ2v) is 11.5. The zero-order valence-electron chi connectivity index (χ0n) is 19.3.